The normalized spacial score (nSPS) is 21.7. The first-order valence-electron chi connectivity index (χ1n) is 23.8. The van der Waals surface area contributed by atoms with Crippen LogP contribution in [0.25, 0.3) is 10.9 Å². The number of halogens is 1. The number of amides is 6. The topological polar surface area (TPSA) is 162 Å². The van der Waals surface area contributed by atoms with E-state index in [2.05, 4.69) is 25.4 Å². The van der Waals surface area contributed by atoms with Crippen LogP contribution in [0.3, 0.4) is 0 Å². The Hall–Kier alpha value is -7.16. The van der Waals surface area contributed by atoms with Crippen molar-refractivity contribution in [3.8, 4) is 5.75 Å². The molecule has 350 valence electrons. The molecular weight excluding hydrogens is 866 g/mol. The van der Waals surface area contributed by atoms with Crippen LogP contribution in [0.5, 0.6) is 5.75 Å². The van der Waals surface area contributed by atoms with Gasteiger partial charge >= 0.3 is 0 Å². The van der Waals surface area contributed by atoms with Gasteiger partial charge in [0.25, 0.3) is 17.7 Å². The number of aromatic nitrogens is 1. The zero-order valence-corrected chi connectivity index (χ0v) is 38.0. The summed E-state index contributed by atoms with van der Waals surface area (Å²) in [5.41, 5.74) is 5.56. The van der Waals surface area contributed by atoms with Crippen LogP contribution in [0.2, 0.25) is 0 Å². The molecule has 1 unspecified atom stereocenters. The second kappa shape index (κ2) is 18.8. The van der Waals surface area contributed by atoms with Gasteiger partial charge in [-0.1, -0.05) is 13.0 Å². The van der Waals surface area contributed by atoms with Gasteiger partial charge in [0.15, 0.2) is 0 Å². The molecule has 0 bridgehead atoms. The molecule has 14 nitrogen and oxygen atoms in total. The smallest absolute Gasteiger partial charge is 0.262 e. The predicted molar refractivity (Wildman–Crippen MR) is 254 cm³/mol. The maximum atomic E-state index is 14.1. The number of ether oxygens (including phenoxy) is 1. The van der Waals surface area contributed by atoms with Crippen molar-refractivity contribution in [3.63, 3.8) is 0 Å². The van der Waals surface area contributed by atoms with Gasteiger partial charge in [-0.2, -0.15) is 0 Å². The van der Waals surface area contributed by atoms with Crippen LogP contribution in [0.4, 0.5) is 21.5 Å². The Morgan fingerprint density at radius 1 is 0.750 bits per heavy atom. The molecule has 1 saturated carbocycles. The molecule has 5 aromatic rings. The Morgan fingerprint density at radius 3 is 2.18 bits per heavy atom. The largest absolute Gasteiger partial charge is 0.490 e. The van der Waals surface area contributed by atoms with Crippen LogP contribution in [0.1, 0.15) is 101 Å². The number of hydrogen-bond acceptors (Lipinski definition) is 10. The van der Waals surface area contributed by atoms with Gasteiger partial charge in [0.1, 0.15) is 23.7 Å². The number of nitrogens with one attached hydrogen (secondary N) is 2. The summed E-state index contributed by atoms with van der Waals surface area (Å²) in [5.74, 6) is -1.23. The van der Waals surface area contributed by atoms with Crippen molar-refractivity contribution in [1.82, 2.24) is 20.1 Å². The number of fused-ring (bicyclic) bond motifs is 2. The molecule has 0 radical (unpaired) electrons. The summed E-state index contributed by atoms with van der Waals surface area (Å²) in [6.45, 7) is 5.80. The zero-order valence-electron chi connectivity index (χ0n) is 38.0. The summed E-state index contributed by atoms with van der Waals surface area (Å²) in [6, 6.07) is 26.2. The number of nitrogens with zero attached hydrogens (tertiary/aromatic N) is 5. The molecule has 15 heteroatoms. The third-order valence-electron chi connectivity index (χ3n) is 14.7. The van der Waals surface area contributed by atoms with E-state index < -0.39 is 29.7 Å². The van der Waals surface area contributed by atoms with E-state index >= 15 is 0 Å². The second-order valence-corrected chi connectivity index (χ2v) is 18.8. The van der Waals surface area contributed by atoms with Crippen molar-refractivity contribution < 1.29 is 37.9 Å². The molecule has 4 aromatic carbocycles. The number of likely N-dealkylation sites (tertiary alicyclic amines) is 1. The number of imide groups is 2. The van der Waals surface area contributed by atoms with Gasteiger partial charge in [0, 0.05) is 98.7 Å². The van der Waals surface area contributed by atoms with Crippen LogP contribution >= 0.6 is 0 Å². The first-order chi connectivity index (χ1) is 33.0. The number of piperazine rings is 1. The number of carbonyl (C=O) groups excluding carboxylic acids is 6. The van der Waals surface area contributed by atoms with Crippen LogP contribution in [-0.2, 0) is 14.4 Å². The highest BCUT2D eigenvalue weighted by atomic mass is 19.1. The Balaban J connectivity index is 0.667. The van der Waals surface area contributed by atoms with Crippen molar-refractivity contribution in [2.45, 2.75) is 76.4 Å². The van der Waals surface area contributed by atoms with Gasteiger partial charge in [0.2, 0.25) is 17.7 Å². The van der Waals surface area contributed by atoms with E-state index in [1.165, 1.54) is 6.07 Å². The molecule has 6 amide bonds. The third-order valence-corrected chi connectivity index (χ3v) is 14.7. The molecule has 5 heterocycles. The summed E-state index contributed by atoms with van der Waals surface area (Å²) in [4.78, 5) is 89.5. The van der Waals surface area contributed by atoms with E-state index in [4.69, 9.17) is 4.74 Å². The SMILES string of the molecule is C[C@@H](C(=O)Nc1ccc(OC2CCN(C(=O)c3cccc(N4CCN(c5ccc6c(c5)C(=O)N(C5CCC(=O)NC5=O)C6=O)CC4)c3)CC2)cc1)C1CCC(c2ccnc3ccc(F)cc23)CC1. The lowest BCUT2D eigenvalue weighted by Crippen LogP contribution is -2.54. The van der Waals surface area contributed by atoms with Crippen LogP contribution in [-0.4, -0.2) is 102 Å². The van der Waals surface area contributed by atoms with Crippen LogP contribution in [0.15, 0.2) is 97.2 Å². The van der Waals surface area contributed by atoms with E-state index in [1.54, 1.807) is 30.5 Å². The predicted octanol–water partition coefficient (Wildman–Crippen LogP) is 7.33. The molecule has 4 aliphatic heterocycles. The number of carbonyl (C=O) groups is 6. The summed E-state index contributed by atoms with van der Waals surface area (Å²) in [7, 11) is 0. The highest BCUT2D eigenvalue weighted by molar-refractivity contribution is 6.23. The van der Waals surface area contributed by atoms with Crippen molar-refractivity contribution in [1.29, 1.82) is 0 Å². The number of hydrogen-bond donors (Lipinski definition) is 2. The maximum Gasteiger partial charge on any atom is 0.262 e. The van der Waals surface area contributed by atoms with Crippen molar-refractivity contribution in [2.75, 3.05) is 54.4 Å². The number of anilines is 3. The quantitative estimate of drug-likeness (QED) is 0.136. The molecule has 10 rings (SSSR count). The van der Waals surface area contributed by atoms with Gasteiger partial charge in [-0.3, -0.25) is 44.0 Å². The van der Waals surface area contributed by atoms with Gasteiger partial charge < -0.3 is 24.8 Å². The third kappa shape index (κ3) is 9.01. The summed E-state index contributed by atoms with van der Waals surface area (Å²) in [6.07, 6.45) is 7.05. The number of piperidine rings is 2. The molecule has 4 fully saturated rings. The molecular formula is C53H54FN7O7. The monoisotopic (exact) mass is 919 g/mol. The van der Waals surface area contributed by atoms with Gasteiger partial charge in [-0.25, -0.2) is 4.39 Å². The lowest BCUT2D eigenvalue weighted by molar-refractivity contribution is -0.136. The Bertz CT molecular complexity index is 2800. The lowest BCUT2D eigenvalue weighted by Gasteiger charge is -2.37. The minimum absolute atomic E-state index is 0.00144. The number of benzene rings is 4. The van der Waals surface area contributed by atoms with Crippen LogP contribution < -0.4 is 25.2 Å². The molecule has 5 aliphatic rings. The Morgan fingerprint density at radius 2 is 1.46 bits per heavy atom. The minimum Gasteiger partial charge on any atom is -0.490 e. The first kappa shape index (κ1) is 44.7. The standard InChI is InChI=1S/C53H54FN7O7/c1-32(33-5-7-34(8-6-33)42-19-22-55-46-16-9-36(54)30-44(42)46)49(63)56-37-10-13-40(14-11-37)68-41-20-23-60(24-21-41)51(65)35-3-2-4-38(29-35)58-25-27-59(28-26-58)39-12-15-43-45(31-39)53(67)61(52(43)66)47-17-18-48(62)57-50(47)64/h2-4,9-16,19,22,29-34,41,47H,5-8,17-18,20-21,23-28H2,1H3,(H,56,63)(H,57,62,64)/t32-,33?,34?,47?/m1/s1. The molecule has 2 atom stereocenters. The van der Waals surface area contributed by atoms with Crippen molar-refractivity contribution >= 4 is 63.4 Å². The highest BCUT2D eigenvalue weighted by Gasteiger charge is 2.45. The molecule has 1 aromatic heterocycles. The summed E-state index contributed by atoms with van der Waals surface area (Å²) in [5, 5.41) is 6.21. The number of pyridine rings is 1. The number of rotatable bonds is 10. The average molecular weight is 920 g/mol. The lowest BCUT2D eigenvalue weighted by atomic mass is 9.73. The fraction of sp³-hybridized carbons (Fsp3) is 0.377. The zero-order chi connectivity index (χ0) is 47.1. The second-order valence-electron chi connectivity index (χ2n) is 18.8. The van der Waals surface area contributed by atoms with Crippen molar-refractivity contribution in [3.05, 3.63) is 125 Å². The highest BCUT2D eigenvalue weighted by Crippen LogP contribution is 2.41. The van der Waals surface area contributed by atoms with Gasteiger partial charge in [-0.05, 0) is 134 Å². The fourth-order valence-electron chi connectivity index (χ4n) is 10.8. The maximum absolute atomic E-state index is 14.1. The van der Waals surface area contributed by atoms with E-state index in [-0.39, 0.29) is 59.5 Å². The van der Waals surface area contributed by atoms with Crippen molar-refractivity contribution in [2.24, 2.45) is 11.8 Å². The molecule has 2 N–H and O–H groups in total. The minimum atomic E-state index is -1.01. The average Bonchev–Trinajstić information content (AvgIpc) is 3.61. The van der Waals surface area contributed by atoms with Crippen LogP contribution in [0, 0.1) is 17.7 Å². The Kier molecular flexibility index (Phi) is 12.4. The molecule has 68 heavy (non-hydrogen) atoms. The summed E-state index contributed by atoms with van der Waals surface area (Å²) < 4.78 is 20.4. The van der Waals surface area contributed by atoms with E-state index in [1.807, 2.05) is 72.5 Å². The molecule has 1 aliphatic carbocycles. The van der Waals surface area contributed by atoms with E-state index in [0.717, 1.165) is 64.1 Å². The first-order valence-corrected chi connectivity index (χ1v) is 23.8. The van der Waals surface area contributed by atoms with E-state index in [0.29, 0.717) is 69.3 Å². The van der Waals surface area contributed by atoms with Gasteiger partial charge in [0.05, 0.1) is 16.6 Å². The van der Waals surface area contributed by atoms with E-state index in [9.17, 15) is 33.2 Å². The fourth-order valence-corrected chi connectivity index (χ4v) is 10.8. The Labute approximate surface area is 393 Å². The molecule has 3 saturated heterocycles. The summed E-state index contributed by atoms with van der Waals surface area (Å²) >= 11 is 0. The van der Waals surface area contributed by atoms with Gasteiger partial charge in [-0.15, -0.1) is 0 Å². The molecule has 0 spiro atoms.